The quantitative estimate of drug-likeness (QED) is 0.257. The van der Waals surface area contributed by atoms with Gasteiger partial charge in [-0.15, -0.1) is 0 Å². The Bertz CT molecular complexity index is 632. The zero-order valence-corrected chi connectivity index (χ0v) is 20.6. The molecule has 0 rings (SSSR count). The highest BCUT2D eigenvalue weighted by atomic mass is 16.6. The van der Waals surface area contributed by atoms with Crippen molar-refractivity contribution in [3.63, 3.8) is 0 Å². The van der Waals surface area contributed by atoms with Crippen LogP contribution in [0.15, 0.2) is 37.0 Å². The number of aliphatic hydroxyl groups is 1. The van der Waals surface area contributed by atoms with Crippen LogP contribution < -0.4 is 0 Å². The summed E-state index contributed by atoms with van der Waals surface area (Å²) in [6, 6.07) is 0. The number of esters is 5. The maximum Gasteiger partial charge on any atom is 0.331 e. The highest BCUT2D eigenvalue weighted by Crippen LogP contribution is 1.93. The number of hydrogen-bond donors (Lipinski definition) is 1. The number of rotatable bonds is 11. The summed E-state index contributed by atoms with van der Waals surface area (Å²) in [6.07, 6.45) is 4.88. The van der Waals surface area contributed by atoms with E-state index in [1.807, 2.05) is 0 Å². The van der Waals surface area contributed by atoms with Crippen molar-refractivity contribution in [2.45, 2.75) is 53.8 Å². The van der Waals surface area contributed by atoms with E-state index in [2.05, 4.69) is 20.8 Å². The van der Waals surface area contributed by atoms with Crippen LogP contribution in [0.1, 0.15) is 41.5 Å². The van der Waals surface area contributed by atoms with Crippen LogP contribution in [0.2, 0.25) is 0 Å². The number of hydrogen-bond acceptors (Lipinski definition) is 11. The first-order valence-corrected chi connectivity index (χ1v) is 10.4. The molecule has 0 spiro atoms. The lowest BCUT2D eigenvalue weighted by molar-refractivity contribution is -0.144. The zero-order valence-electron chi connectivity index (χ0n) is 20.6. The Labute approximate surface area is 200 Å². The Kier molecular flexibility index (Phi) is 25.0. The molecular formula is C23H36O11. The van der Waals surface area contributed by atoms with Gasteiger partial charge in [0, 0.05) is 30.4 Å². The number of carbonyl (C=O) groups is 5. The number of carbonyl (C=O) groups excluding carboxylic acids is 5. The summed E-state index contributed by atoms with van der Waals surface area (Å²) < 4.78 is 23.0. The van der Waals surface area contributed by atoms with Crippen LogP contribution in [-0.4, -0.2) is 73.6 Å². The van der Waals surface area contributed by atoms with Gasteiger partial charge in [0.15, 0.2) is 0 Å². The number of aliphatic hydroxyl groups excluding tert-OH is 1. The molecule has 11 heteroatoms. The van der Waals surface area contributed by atoms with E-state index in [-0.39, 0.29) is 25.4 Å². The van der Waals surface area contributed by atoms with E-state index >= 15 is 0 Å². The zero-order chi connectivity index (χ0) is 26.9. The van der Waals surface area contributed by atoms with Crippen LogP contribution in [-0.2, 0) is 47.7 Å². The van der Waals surface area contributed by atoms with E-state index in [0.717, 1.165) is 30.4 Å². The van der Waals surface area contributed by atoms with Gasteiger partial charge in [0.1, 0.15) is 6.61 Å². The van der Waals surface area contributed by atoms with E-state index in [4.69, 9.17) is 14.6 Å². The summed E-state index contributed by atoms with van der Waals surface area (Å²) in [6.45, 7) is 14.0. The number of ether oxygens (including phenoxy) is 5. The third kappa shape index (κ3) is 30.7. The summed E-state index contributed by atoms with van der Waals surface area (Å²) in [5.74, 6) is -2.66. The third-order valence-corrected chi connectivity index (χ3v) is 2.49. The molecule has 0 atom stereocenters. The lowest BCUT2D eigenvalue weighted by atomic mass is 10.4. The maximum atomic E-state index is 10.9. The monoisotopic (exact) mass is 488 g/mol. The van der Waals surface area contributed by atoms with Gasteiger partial charge >= 0.3 is 29.8 Å². The van der Waals surface area contributed by atoms with Gasteiger partial charge in [-0.25, -0.2) is 24.0 Å². The lowest BCUT2D eigenvalue weighted by Crippen LogP contribution is -2.11. The van der Waals surface area contributed by atoms with Gasteiger partial charge in [-0.2, -0.15) is 0 Å². The van der Waals surface area contributed by atoms with Gasteiger partial charge in [-0.1, -0.05) is 6.58 Å². The van der Waals surface area contributed by atoms with Crippen molar-refractivity contribution in [3.8, 4) is 0 Å². The predicted molar refractivity (Wildman–Crippen MR) is 122 cm³/mol. The molecule has 0 radical (unpaired) electrons. The SMILES string of the molecule is C=CC(=O)OCCO.CC(C)OC(=O)/C=C/C(=O)OC(C)C.CCOC(=O)/C=C/C(=O)OCC. The molecule has 0 saturated carbocycles. The molecule has 1 N–H and O–H groups in total. The molecule has 0 aromatic rings. The van der Waals surface area contributed by atoms with E-state index in [1.54, 1.807) is 41.5 Å². The van der Waals surface area contributed by atoms with Crippen LogP contribution >= 0.6 is 0 Å². The van der Waals surface area contributed by atoms with Crippen LogP contribution in [0.3, 0.4) is 0 Å². The Morgan fingerprint density at radius 2 is 1.03 bits per heavy atom. The molecule has 0 aliphatic rings. The molecule has 0 heterocycles. The van der Waals surface area contributed by atoms with Crippen molar-refractivity contribution in [2.75, 3.05) is 26.4 Å². The van der Waals surface area contributed by atoms with Crippen molar-refractivity contribution >= 4 is 29.8 Å². The Morgan fingerprint density at radius 3 is 1.29 bits per heavy atom. The summed E-state index contributed by atoms with van der Waals surface area (Å²) in [5, 5.41) is 8.10. The molecule has 0 amide bonds. The second-order valence-corrected chi connectivity index (χ2v) is 6.24. The van der Waals surface area contributed by atoms with Gasteiger partial charge < -0.3 is 28.8 Å². The molecule has 0 aromatic carbocycles. The molecule has 34 heavy (non-hydrogen) atoms. The second kappa shape index (κ2) is 24.2. The molecule has 0 aliphatic carbocycles. The van der Waals surface area contributed by atoms with Gasteiger partial charge in [-0.05, 0) is 41.5 Å². The minimum absolute atomic E-state index is 0.0465. The first-order chi connectivity index (χ1) is 15.9. The van der Waals surface area contributed by atoms with Gasteiger partial charge in [0.25, 0.3) is 0 Å². The fraction of sp³-hybridized carbons (Fsp3) is 0.522. The van der Waals surface area contributed by atoms with Crippen molar-refractivity contribution in [1.82, 2.24) is 0 Å². The molecule has 0 saturated heterocycles. The first kappa shape index (κ1) is 35.1. The molecule has 0 bridgehead atoms. The van der Waals surface area contributed by atoms with Crippen molar-refractivity contribution in [3.05, 3.63) is 37.0 Å². The third-order valence-electron chi connectivity index (χ3n) is 2.49. The summed E-state index contributed by atoms with van der Waals surface area (Å²) in [7, 11) is 0. The summed E-state index contributed by atoms with van der Waals surface area (Å²) >= 11 is 0. The fourth-order valence-corrected chi connectivity index (χ4v) is 1.40. The Morgan fingerprint density at radius 1 is 0.676 bits per heavy atom. The molecule has 194 valence electrons. The second-order valence-electron chi connectivity index (χ2n) is 6.24. The average molecular weight is 489 g/mol. The summed E-state index contributed by atoms with van der Waals surface area (Å²) in [5.41, 5.74) is 0. The molecular weight excluding hydrogens is 452 g/mol. The van der Waals surface area contributed by atoms with Crippen molar-refractivity contribution in [1.29, 1.82) is 0 Å². The van der Waals surface area contributed by atoms with Crippen molar-refractivity contribution < 1.29 is 52.8 Å². The molecule has 11 nitrogen and oxygen atoms in total. The highest BCUT2D eigenvalue weighted by Gasteiger charge is 2.04. The van der Waals surface area contributed by atoms with E-state index in [0.29, 0.717) is 13.2 Å². The van der Waals surface area contributed by atoms with E-state index in [1.165, 1.54) is 0 Å². The van der Waals surface area contributed by atoms with E-state index in [9.17, 15) is 24.0 Å². The van der Waals surface area contributed by atoms with Crippen LogP contribution in [0.25, 0.3) is 0 Å². The molecule has 0 aromatic heterocycles. The Balaban J connectivity index is -0.000000440. The summed E-state index contributed by atoms with van der Waals surface area (Å²) in [4.78, 5) is 53.2. The van der Waals surface area contributed by atoms with E-state index < -0.39 is 29.8 Å². The first-order valence-electron chi connectivity index (χ1n) is 10.4. The minimum Gasteiger partial charge on any atom is -0.463 e. The van der Waals surface area contributed by atoms with Crippen LogP contribution in [0.5, 0.6) is 0 Å². The molecule has 0 unspecified atom stereocenters. The predicted octanol–water partition coefficient (Wildman–Crippen LogP) is 1.82. The Hall–Kier alpha value is -3.47. The highest BCUT2D eigenvalue weighted by molar-refractivity contribution is 5.92. The normalized spacial score (nSPS) is 9.91. The fourth-order valence-electron chi connectivity index (χ4n) is 1.40. The van der Waals surface area contributed by atoms with Crippen LogP contribution in [0.4, 0.5) is 0 Å². The van der Waals surface area contributed by atoms with Gasteiger partial charge in [-0.3, -0.25) is 0 Å². The molecule has 0 aliphatic heterocycles. The largest absolute Gasteiger partial charge is 0.463 e. The smallest absolute Gasteiger partial charge is 0.331 e. The van der Waals surface area contributed by atoms with Gasteiger partial charge in [0.2, 0.25) is 0 Å². The van der Waals surface area contributed by atoms with Crippen LogP contribution in [0, 0.1) is 0 Å². The topological polar surface area (TPSA) is 152 Å². The minimum atomic E-state index is -0.541. The van der Waals surface area contributed by atoms with Crippen molar-refractivity contribution in [2.24, 2.45) is 0 Å². The lowest BCUT2D eigenvalue weighted by Gasteiger charge is -2.05. The average Bonchev–Trinajstić information content (AvgIpc) is 2.75. The maximum absolute atomic E-state index is 10.9. The standard InChI is InChI=1S/C10H16O4.C8H12O4.C5H8O3/c1-7(2)13-9(11)5-6-10(12)14-8(3)4;1-3-11-7(9)5-6-8(10)12-4-2;1-2-5(7)8-4-3-6/h5-8H,1-4H3;5-6H,3-4H2,1-2H3;2,6H,1,3-4H2/b2*6-5+;. The van der Waals surface area contributed by atoms with Gasteiger partial charge in [0.05, 0.1) is 32.0 Å². The molecule has 0 fully saturated rings.